The Kier molecular flexibility index (Phi) is 10.0. The summed E-state index contributed by atoms with van der Waals surface area (Å²) in [6, 6.07) is 29.2. The second kappa shape index (κ2) is 13.7. The van der Waals surface area contributed by atoms with Crippen LogP contribution in [0.4, 0.5) is 5.69 Å². The van der Waals surface area contributed by atoms with Crippen LogP contribution in [-0.4, -0.2) is 44.8 Å². The molecule has 0 saturated carbocycles. The fraction of sp³-hybridized carbons (Fsp3) is 0.212. The van der Waals surface area contributed by atoms with Gasteiger partial charge in [-0.25, -0.2) is 8.42 Å². The second-order valence-corrected chi connectivity index (χ2v) is 12.3. The number of carbonyl (C=O) groups excluding carboxylic acids is 2. The van der Waals surface area contributed by atoms with Crippen molar-refractivity contribution in [3.63, 3.8) is 0 Å². The Hall–Kier alpha value is -4.14. The number of hydrogen-bond acceptors (Lipinski definition) is 4. The molecule has 2 amide bonds. The minimum atomic E-state index is -4.20. The van der Waals surface area contributed by atoms with Crippen molar-refractivity contribution in [2.24, 2.45) is 0 Å². The van der Waals surface area contributed by atoms with Crippen LogP contribution in [0.1, 0.15) is 22.3 Å². The molecule has 0 heterocycles. The van der Waals surface area contributed by atoms with Gasteiger partial charge in [0.05, 0.1) is 10.6 Å². The molecule has 0 aliphatic rings. The normalized spacial score (nSPS) is 11.9. The third-order valence-electron chi connectivity index (χ3n) is 7.11. The summed E-state index contributed by atoms with van der Waals surface area (Å²) in [6.45, 7) is 3.15. The third-order valence-corrected chi connectivity index (χ3v) is 9.29. The molecule has 0 aliphatic carbocycles. The van der Waals surface area contributed by atoms with E-state index in [-0.39, 0.29) is 29.5 Å². The molecule has 1 atom stereocenters. The molecule has 0 fully saturated rings. The van der Waals surface area contributed by atoms with Crippen LogP contribution in [0.25, 0.3) is 0 Å². The van der Waals surface area contributed by atoms with E-state index in [1.54, 1.807) is 37.3 Å². The lowest BCUT2D eigenvalue weighted by atomic mass is 10.0. The Bertz CT molecular complexity index is 1630. The van der Waals surface area contributed by atoms with Crippen LogP contribution in [0.5, 0.6) is 0 Å². The van der Waals surface area contributed by atoms with Crippen LogP contribution >= 0.6 is 11.6 Å². The van der Waals surface area contributed by atoms with Crippen LogP contribution < -0.4 is 9.62 Å². The molecule has 4 aromatic carbocycles. The molecule has 0 bridgehead atoms. The fourth-order valence-electron chi connectivity index (χ4n) is 4.72. The van der Waals surface area contributed by atoms with Crippen molar-refractivity contribution in [2.45, 2.75) is 37.8 Å². The standard InChI is InChI=1S/C33H34ClN3O4S/c1-24-17-19-28(20-18-24)42(40,41)37(30-16-10-15-29(34)25(30)2)23-32(38)36(22-27-13-8-5-9-14-27)31(33(39)35-3)21-26-11-6-4-7-12-26/h4-20,31H,21-23H2,1-3H3,(H,35,39). The van der Waals surface area contributed by atoms with E-state index in [1.165, 1.54) is 24.1 Å². The number of sulfonamides is 1. The number of rotatable bonds is 11. The molecule has 9 heteroatoms. The van der Waals surface area contributed by atoms with E-state index >= 15 is 0 Å². The summed E-state index contributed by atoms with van der Waals surface area (Å²) >= 11 is 6.41. The SMILES string of the molecule is CNC(=O)C(Cc1ccccc1)N(Cc1ccccc1)C(=O)CN(c1cccc(Cl)c1C)S(=O)(=O)c1ccc(C)cc1. The van der Waals surface area contributed by atoms with Gasteiger partial charge in [0.1, 0.15) is 12.6 Å². The van der Waals surface area contributed by atoms with Crippen LogP contribution in [0, 0.1) is 13.8 Å². The minimum absolute atomic E-state index is 0.0435. The number of nitrogens with zero attached hydrogens (tertiary/aromatic N) is 2. The summed E-state index contributed by atoms with van der Waals surface area (Å²) in [7, 11) is -2.67. The monoisotopic (exact) mass is 603 g/mol. The first kappa shape index (κ1) is 30.8. The molecule has 42 heavy (non-hydrogen) atoms. The number of aryl methyl sites for hydroxylation is 1. The first-order valence-corrected chi connectivity index (χ1v) is 15.4. The molecule has 218 valence electrons. The number of likely N-dealkylation sites (N-methyl/N-ethyl adjacent to an activating group) is 1. The van der Waals surface area contributed by atoms with Gasteiger partial charge in [0.2, 0.25) is 11.8 Å². The molecule has 0 spiro atoms. The minimum Gasteiger partial charge on any atom is -0.357 e. The number of halogens is 1. The van der Waals surface area contributed by atoms with Gasteiger partial charge in [0.25, 0.3) is 10.0 Å². The van der Waals surface area contributed by atoms with Gasteiger partial charge in [-0.2, -0.15) is 0 Å². The highest BCUT2D eigenvalue weighted by Crippen LogP contribution is 2.31. The maximum absolute atomic E-state index is 14.3. The average molecular weight is 604 g/mol. The van der Waals surface area contributed by atoms with Crippen molar-refractivity contribution in [3.8, 4) is 0 Å². The van der Waals surface area contributed by atoms with E-state index in [2.05, 4.69) is 5.32 Å². The maximum Gasteiger partial charge on any atom is 0.264 e. The predicted octanol–water partition coefficient (Wildman–Crippen LogP) is 5.54. The van der Waals surface area contributed by atoms with Crippen molar-refractivity contribution < 1.29 is 18.0 Å². The predicted molar refractivity (Wildman–Crippen MR) is 167 cm³/mol. The molecular formula is C33H34ClN3O4S. The number of nitrogens with one attached hydrogen (secondary N) is 1. The summed E-state index contributed by atoms with van der Waals surface area (Å²) in [6.07, 6.45) is 0.250. The molecule has 7 nitrogen and oxygen atoms in total. The average Bonchev–Trinajstić information content (AvgIpc) is 3.00. The molecule has 0 aromatic heterocycles. The number of benzene rings is 4. The molecular weight excluding hydrogens is 570 g/mol. The van der Waals surface area contributed by atoms with Crippen LogP contribution in [0.3, 0.4) is 0 Å². The molecule has 1 N–H and O–H groups in total. The molecule has 0 saturated heterocycles. The lowest BCUT2D eigenvalue weighted by Crippen LogP contribution is -2.53. The Morgan fingerprint density at radius 2 is 1.40 bits per heavy atom. The molecule has 4 aromatic rings. The molecule has 0 radical (unpaired) electrons. The highest BCUT2D eigenvalue weighted by molar-refractivity contribution is 7.92. The summed E-state index contributed by atoms with van der Waals surface area (Å²) in [5, 5.41) is 3.06. The largest absolute Gasteiger partial charge is 0.357 e. The summed E-state index contributed by atoms with van der Waals surface area (Å²) in [5.41, 5.74) is 3.38. The number of amides is 2. The van der Waals surface area contributed by atoms with Gasteiger partial charge in [0, 0.05) is 25.0 Å². The first-order chi connectivity index (χ1) is 20.1. The van der Waals surface area contributed by atoms with Crippen LogP contribution in [0.15, 0.2) is 108 Å². The lowest BCUT2D eigenvalue weighted by molar-refractivity contribution is -0.139. The number of carbonyl (C=O) groups is 2. The van der Waals surface area contributed by atoms with E-state index < -0.39 is 28.5 Å². The van der Waals surface area contributed by atoms with Gasteiger partial charge >= 0.3 is 0 Å². The molecule has 0 aliphatic heterocycles. The lowest BCUT2D eigenvalue weighted by Gasteiger charge is -2.34. The number of anilines is 1. The Morgan fingerprint density at radius 3 is 2.00 bits per heavy atom. The van der Waals surface area contributed by atoms with Gasteiger partial charge in [-0.15, -0.1) is 0 Å². The smallest absolute Gasteiger partial charge is 0.264 e. The van der Waals surface area contributed by atoms with Gasteiger partial charge in [0.15, 0.2) is 0 Å². The highest BCUT2D eigenvalue weighted by atomic mass is 35.5. The first-order valence-electron chi connectivity index (χ1n) is 13.5. The van der Waals surface area contributed by atoms with Gasteiger partial charge in [-0.05, 0) is 54.8 Å². The number of hydrogen-bond donors (Lipinski definition) is 1. The van der Waals surface area contributed by atoms with E-state index in [4.69, 9.17) is 11.6 Å². The van der Waals surface area contributed by atoms with Crippen molar-refractivity contribution in [1.82, 2.24) is 10.2 Å². The van der Waals surface area contributed by atoms with E-state index in [0.717, 1.165) is 21.0 Å². The van der Waals surface area contributed by atoms with E-state index in [1.807, 2.05) is 67.6 Å². The Balaban J connectivity index is 1.81. The zero-order valence-corrected chi connectivity index (χ0v) is 25.4. The van der Waals surface area contributed by atoms with E-state index in [9.17, 15) is 18.0 Å². The zero-order valence-electron chi connectivity index (χ0n) is 23.8. The summed E-state index contributed by atoms with van der Waals surface area (Å²) < 4.78 is 29.3. The van der Waals surface area contributed by atoms with Crippen molar-refractivity contribution >= 4 is 39.1 Å². The third kappa shape index (κ3) is 7.19. The van der Waals surface area contributed by atoms with Crippen LogP contribution in [0.2, 0.25) is 5.02 Å². The highest BCUT2D eigenvalue weighted by Gasteiger charge is 2.35. The fourth-order valence-corrected chi connectivity index (χ4v) is 6.36. The molecule has 4 rings (SSSR count). The Morgan fingerprint density at radius 1 is 0.810 bits per heavy atom. The van der Waals surface area contributed by atoms with Crippen LogP contribution in [-0.2, 0) is 32.6 Å². The second-order valence-electron chi connectivity index (χ2n) is 10.0. The van der Waals surface area contributed by atoms with Gasteiger partial charge in [-0.1, -0.05) is 96.0 Å². The zero-order chi connectivity index (χ0) is 30.3. The van der Waals surface area contributed by atoms with Gasteiger partial charge in [-0.3, -0.25) is 13.9 Å². The maximum atomic E-state index is 14.3. The quantitative estimate of drug-likeness (QED) is 0.244. The van der Waals surface area contributed by atoms with Gasteiger partial charge < -0.3 is 10.2 Å². The summed E-state index contributed by atoms with van der Waals surface area (Å²) in [4.78, 5) is 29.1. The summed E-state index contributed by atoms with van der Waals surface area (Å²) in [5.74, 6) is -0.881. The molecule has 1 unspecified atom stereocenters. The van der Waals surface area contributed by atoms with Crippen molar-refractivity contribution in [2.75, 3.05) is 17.9 Å². The van der Waals surface area contributed by atoms with E-state index in [0.29, 0.717) is 10.6 Å². The topological polar surface area (TPSA) is 86.8 Å². The van der Waals surface area contributed by atoms with Crippen molar-refractivity contribution in [1.29, 1.82) is 0 Å². The Labute approximate surface area is 252 Å². The van der Waals surface area contributed by atoms with Crippen molar-refractivity contribution in [3.05, 3.63) is 130 Å².